The number of rotatable bonds is 6. The zero-order valence-corrected chi connectivity index (χ0v) is 13.0. The topological polar surface area (TPSA) is 97.0 Å². The third kappa shape index (κ3) is 3.53. The second-order valence-electron chi connectivity index (χ2n) is 5.87. The Morgan fingerprint density at radius 3 is 2.87 bits per heavy atom. The van der Waals surface area contributed by atoms with Crippen LogP contribution in [0.2, 0.25) is 0 Å². The lowest BCUT2D eigenvalue weighted by Crippen LogP contribution is -2.25. The van der Waals surface area contributed by atoms with Crippen molar-refractivity contribution in [3.8, 4) is 0 Å². The van der Waals surface area contributed by atoms with Crippen LogP contribution in [-0.2, 0) is 11.3 Å². The van der Waals surface area contributed by atoms with Crippen LogP contribution >= 0.6 is 0 Å². The van der Waals surface area contributed by atoms with Gasteiger partial charge in [0, 0.05) is 37.4 Å². The average Bonchev–Trinajstić information content (AvgIpc) is 3.15. The maximum Gasteiger partial charge on any atom is 0.308 e. The predicted octanol–water partition coefficient (Wildman–Crippen LogP) is 0.567. The van der Waals surface area contributed by atoms with Crippen LogP contribution in [0, 0.1) is 12.8 Å². The molecule has 122 valence electrons. The van der Waals surface area contributed by atoms with E-state index in [-0.39, 0.29) is 5.92 Å². The van der Waals surface area contributed by atoms with Crippen LogP contribution < -0.4 is 0 Å². The van der Waals surface area contributed by atoms with Gasteiger partial charge in [-0.05, 0) is 42.4 Å². The summed E-state index contributed by atoms with van der Waals surface area (Å²) in [4.78, 5) is 18.1. The summed E-state index contributed by atoms with van der Waals surface area (Å²) >= 11 is 0. The number of hydrogen-bond donors (Lipinski definition) is 1. The van der Waals surface area contributed by atoms with Crippen LogP contribution in [0.25, 0.3) is 0 Å². The Hall–Kier alpha value is -2.35. The summed E-state index contributed by atoms with van der Waals surface area (Å²) < 4.78 is 1.76. The van der Waals surface area contributed by atoms with E-state index in [1.807, 2.05) is 25.1 Å². The van der Waals surface area contributed by atoms with E-state index in [2.05, 4.69) is 25.4 Å². The number of nitrogens with zero attached hydrogens (tertiary/aromatic N) is 6. The smallest absolute Gasteiger partial charge is 0.308 e. The fourth-order valence-corrected chi connectivity index (χ4v) is 3.11. The van der Waals surface area contributed by atoms with E-state index in [1.54, 1.807) is 10.9 Å². The largest absolute Gasteiger partial charge is 0.481 e. The molecule has 3 heterocycles. The van der Waals surface area contributed by atoms with Gasteiger partial charge in [0.1, 0.15) is 5.82 Å². The van der Waals surface area contributed by atoms with Crippen molar-refractivity contribution in [3.05, 3.63) is 35.9 Å². The molecule has 0 saturated carbocycles. The van der Waals surface area contributed by atoms with Crippen LogP contribution in [-0.4, -0.2) is 60.8 Å². The van der Waals surface area contributed by atoms with Gasteiger partial charge in [0.15, 0.2) is 0 Å². The second-order valence-corrected chi connectivity index (χ2v) is 5.87. The van der Waals surface area contributed by atoms with Gasteiger partial charge in [-0.3, -0.25) is 9.78 Å². The van der Waals surface area contributed by atoms with Gasteiger partial charge in [0.2, 0.25) is 0 Å². The third-order valence-electron chi connectivity index (χ3n) is 4.34. The summed E-state index contributed by atoms with van der Waals surface area (Å²) in [5.41, 5.74) is 0.860. The lowest BCUT2D eigenvalue weighted by Gasteiger charge is -2.15. The number of aryl methyl sites for hydroxylation is 2. The molecule has 0 amide bonds. The van der Waals surface area contributed by atoms with E-state index in [9.17, 15) is 9.90 Å². The minimum atomic E-state index is -0.750. The summed E-state index contributed by atoms with van der Waals surface area (Å²) in [6, 6.07) is 5.67. The van der Waals surface area contributed by atoms with E-state index in [1.165, 1.54) is 0 Å². The van der Waals surface area contributed by atoms with Crippen molar-refractivity contribution in [1.82, 2.24) is 30.1 Å². The number of aliphatic carboxylic acids is 1. The number of aromatic nitrogens is 5. The normalized spacial score (nSPS) is 21.6. The summed E-state index contributed by atoms with van der Waals surface area (Å²) in [7, 11) is 0. The minimum absolute atomic E-state index is 0.0523. The molecule has 2 atom stereocenters. The lowest BCUT2D eigenvalue weighted by molar-refractivity contribution is -0.141. The van der Waals surface area contributed by atoms with Gasteiger partial charge in [-0.25, -0.2) is 4.68 Å². The number of tetrazole rings is 1. The van der Waals surface area contributed by atoms with E-state index in [0.29, 0.717) is 6.54 Å². The first-order valence-electron chi connectivity index (χ1n) is 7.74. The van der Waals surface area contributed by atoms with Crippen LogP contribution in [0.1, 0.15) is 23.9 Å². The standard InChI is InChI=1S/C15H20N6O2/c1-11-17-18-19-21(11)8-4-7-20-9-12(13(10-20)15(22)23)14-5-2-3-6-16-14/h2-3,5-6,12-13H,4,7-10H2,1H3,(H,22,23)/t12-,13-/m1/s1. The van der Waals surface area contributed by atoms with Crippen molar-refractivity contribution in [3.63, 3.8) is 0 Å². The molecule has 8 heteroatoms. The van der Waals surface area contributed by atoms with Crippen molar-refractivity contribution in [2.45, 2.75) is 25.8 Å². The SMILES string of the molecule is Cc1nnnn1CCCN1C[C@@H](C(=O)O)[C@H](c2ccccn2)C1. The summed E-state index contributed by atoms with van der Waals surface area (Å²) in [6.45, 7) is 4.72. The number of carboxylic acid groups (broad SMARTS) is 1. The molecule has 1 aliphatic rings. The molecule has 0 bridgehead atoms. The third-order valence-corrected chi connectivity index (χ3v) is 4.34. The van der Waals surface area contributed by atoms with Gasteiger partial charge in [-0.1, -0.05) is 6.07 Å². The molecule has 2 aromatic heterocycles. The Bertz CT molecular complexity index is 659. The van der Waals surface area contributed by atoms with Gasteiger partial charge in [-0.2, -0.15) is 0 Å². The molecule has 3 rings (SSSR count). The fourth-order valence-electron chi connectivity index (χ4n) is 3.11. The van der Waals surface area contributed by atoms with Gasteiger partial charge in [-0.15, -0.1) is 5.10 Å². The van der Waals surface area contributed by atoms with Crippen LogP contribution in [0.3, 0.4) is 0 Å². The number of carbonyl (C=O) groups is 1. The highest BCUT2D eigenvalue weighted by Gasteiger charge is 2.38. The molecular formula is C15H20N6O2. The maximum absolute atomic E-state index is 11.6. The zero-order chi connectivity index (χ0) is 16.2. The Morgan fingerprint density at radius 1 is 1.35 bits per heavy atom. The van der Waals surface area contributed by atoms with Crippen LogP contribution in [0.5, 0.6) is 0 Å². The van der Waals surface area contributed by atoms with Crippen molar-refractivity contribution in [1.29, 1.82) is 0 Å². The molecule has 1 saturated heterocycles. The molecular weight excluding hydrogens is 296 g/mol. The summed E-state index contributed by atoms with van der Waals surface area (Å²) in [5.74, 6) is -0.413. The highest BCUT2D eigenvalue weighted by atomic mass is 16.4. The maximum atomic E-state index is 11.6. The van der Waals surface area contributed by atoms with Crippen molar-refractivity contribution in [2.24, 2.45) is 5.92 Å². The average molecular weight is 316 g/mol. The lowest BCUT2D eigenvalue weighted by atomic mass is 9.93. The minimum Gasteiger partial charge on any atom is -0.481 e. The first-order valence-corrected chi connectivity index (χ1v) is 7.74. The molecule has 0 radical (unpaired) electrons. The van der Waals surface area contributed by atoms with Crippen LogP contribution in [0.15, 0.2) is 24.4 Å². The Balaban J connectivity index is 1.59. The molecule has 1 aliphatic heterocycles. The van der Waals surface area contributed by atoms with E-state index in [4.69, 9.17) is 0 Å². The molecule has 2 aromatic rings. The highest BCUT2D eigenvalue weighted by Crippen LogP contribution is 2.31. The molecule has 1 fully saturated rings. The Kier molecular flexibility index (Phi) is 4.61. The molecule has 0 spiro atoms. The molecule has 0 unspecified atom stereocenters. The monoisotopic (exact) mass is 316 g/mol. The van der Waals surface area contributed by atoms with Gasteiger partial charge in [0.25, 0.3) is 0 Å². The summed E-state index contributed by atoms with van der Waals surface area (Å²) in [6.07, 6.45) is 2.60. The number of carboxylic acids is 1. The van der Waals surface area contributed by atoms with Crippen molar-refractivity contribution >= 4 is 5.97 Å². The van der Waals surface area contributed by atoms with E-state index < -0.39 is 11.9 Å². The molecule has 1 N–H and O–H groups in total. The molecule has 0 aliphatic carbocycles. The number of likely N-dealkylation sites (tertiary alicyclic amines) is 1. The molecule has 8 nitrogen and oxygen atoms in total. The number of hydrogen-bond acceptors (Lipinski definition) is 6. The molecule has 0 aromatic carbocycles. The van der Waals surface area contributed by atoms with Gasteiger partial charge in [0.05, 0.1) is 5.92 Å². The Morgan fingerprint density at radius 2 is 2.22 bits per heavy atom. The first-order chi connectivity index (χ1) is 11.1. The summed E-state index contributed by atoms with van der Waals surface area (Å²) in [5, 5.41) is 20.9. The van der Waals surface area contributed by atoms with Gasteiger partial charge >= 0.3 is 5.97 Å². The second kappa shape index (κ2) is 6.82. The van der Waals surface area contributed by atoms with Crippen molar-refractivity contribution < 1.29 is 9.90 Å². The predicted molar refractivity (Wildman–Crippen MR) is 81.7 cm³/mol. The quantitative estimate of drug-likeness (QED) is 0.832. The van der Waals surface area contributed by atoms with Crippen molar-refractivity contribution in [2.75, 3.05) is 19.6 Å². The van der Waals surface area contributed by atoms with E-state index in [0.717, 1.165) is 37.6 Å². The number of pyridine rings is 1. The molecule has 23 heavy (non-hydrogen) atoms. The fraction of sp³-hybridized carbons (Fsp3) is 0.533. The van der Waals surface area contributed by atoms with E-state index >= 15 is 0 Å². The first kappa shape index (κ1) is 15.5. The van der Waals surface area contributed by atoms with Crippen LogP contribution in [0.4, 0.5) is 0 Å². The zero-order valence-electron chi connectivity index (χ0n) is 13.0. The van der Waals surface area contributed by atoms with Gasteiger partial charge < -0.3 is 10.0 Å². The highest BCUT2D eigenvalue weighted by molar-refractivity contribution is 5.72. The Labute approximate surface area is 134 Å².